The van der Waals surface area contributed by atoms with E-state index in [0.717, 1.165) is 16.7 Å². The van der Waals surface area contributed by atoms with Gasteiger partial charge in [0.05, 0.1) is 12.5 Å². The van der Waals surface area contributed by atoms with Crippen molar-refractivity contribution in [3.8, 4) is 0 Å². The van der Waals surface area contributed by atoms with E-state index in [1.54, 1.807) is 0 Å². The Morgan fingerprint density at radius 3 is 2.75 bits per heavy atom. The number of aliphatic carboxylic acids is 1. The molecule has 20 heavy (non-hydrogen) atoms. The highest BCUT2D eigenvalue weighted by atomic mass is 16.4. The Morgan fingerprint density at radius 2 is 2.10 bits per heavy atom. The molecular weight excluding hydrogens is 254 g/mol. The quantitative estimate of drug-likeness (QED) is 0.814. The van der Waals surface area contributed by atoms with E-state index in [0.29, 0.717) is 25.4 Å². The number of fused-ring (bicyclic) bond motifs is 1. The van der Waals surface area contributed by atoms with Crippen LogP contribution in [0.4, 0.5) is 0 Å². The van der Waals surface area contributed by atoms with Crippen LogP contribution in [-0.2, 0) is 11.3 Å². The van der Waals surface area contributed by atoms with Crippen LogP contribution in [0.5, 0.6) is 0 Å². The van der Waals surface area contributed by atoms with Crippen molar-refractivity contribution in [3.05, 3.63) is 36.1 Å². The number of hydrogen-bond donors (Lipinski definition) is 2. The van der Waals surface area contributed by atoms with Gasteiger partial charge in [0, 0.05) is 11.9 Å². The first-order chi connectivity index (χ1) is 9.56. The van der Waals surface area contributed by atoms with Gasteiger partial charge in [0.25, 0.3) is 0 Å². The molecule has 2 N–H and O–H groups in total. The first-order valence-corrected chi connectivity index (χ1v) is 6.97. The fraction of sp³-hybridized carbons (Fsp3) is 0.438. The maximum atomic E-state index is 11.2. The summed E-state index contributed by atoms with van der Waals surface area (Å²) in [5.41, 5.74) is 0.862. The molecule has 0 amide bonds. The van der Waals surface area contributed by atoms with E-state index in [4.69, 9.17) is 4.42 Å². The van der Waals surface area contributed by atoms with Crippen molar-refractivity contribution in [2.24, 2.45) is 11.8 Å². The third kappa shape index (κ3) is 3.84. The molecule has 1 atom stereocenters. The summed E-state index contributed by atoms with van der Waals surface area (Å²) in [5.74, 6) is 0.124. The van der Waals surface area contributed by atoms with Gasteiger partial charge in [-0.3, -0.25) is 4.79 Å². The number of rotatable bonds is 7. The largest absolute Gasteiger partial charge is 0.481 e. The maximum absolute atomic E-state index is 11.2. The second kappa shape index (κ2) is 6.57. The molecule has 0 radical (unpaired) electrons. The third-order valence-electron chi connectivity index (χ3n) is 3.27. The Kier molecular flexibility index (Phi) is 4.79. The first-order valence-electron chi connectivity index (χ1n) is 6.97. The number of benzene rings is 1. The van der Waals surface area contributed by atoms with E-state index in [1.165, 1.54) is 0 Å². The summed E-state index contributed by atoms with van der Waals surface area (Å²) in [5, 5.41) is 13.4. The summed E-state index contributed by atoms with van der Waals surface area (Å²) in [4.78, 5) is 11.2. The molecule has 1 aromatic heterocycles. The summed E-state index contributed by atoms with van der Waals surface area (Å²) in [6.07, 6.45) is 0.683. The van der Waals surface area contributed by atoms with Crippen LogP contribution in [0.15, 0.2) is 34.7 Å². The smallest absolute Gasteiger partial charge is 0.307 e. The van der Waals surface area contributed by atoms with E-state index >= 15 is 0 Å². The van der Waals surface area contributed by atoms with Crippen LogP contribution in [0, 0.1) is 11.8 Å². The van der Waals surface area contributed by atoms with Crippen molar-refractivity contribution in [1.82, 2.24) is 5.32 Å². The average molecular weight is 275 g/mol. The van der Waals surface area contributed by atoms with E-state index < -0.39 is 5.97 Å². The molecule has 1 heterocycles. The van der Waals surface area contributed by atoms with Gasteiger partial charge in [0.15, 0.2) is 0 Å². The molecule has 0 spiro atoms. The molecule has 0 saturated heterocycles. The minimum Gasteiger partial charge on any atom is -0.481 e. The van der Waals surface area contributed by atoms with Gasteiger partial charge in [-0.2, -0.15) is 0 Å². The number of carboxylic acids is 1. The lowest BCUT2D eigenvalue weighted by Gasteiger charge is -2.14. The number of para-hydroxylation sites is 1. The van der Waals surface area contributed by atoms with Gasteiger partial charge in [-0.05, 0) is 24.5 Å². The van der Waals surface area contributed by atoms with Crippen LogP contribution >= 0.6 is 0 Å². The molecule has 4 heteroatoms. The van der Waals surface area contributed by atoms with Crippen molar-refractivity contribution < 1.29 is 14.3 Å². The van der Waals surface area contributed by atoms with Gasteiger partial charge >= 0.3 is 5.97 Å². The Bertz CT molecular complexity index is 541. The van der Waals surface area contributed by atoms with Crippen molar-refractivity contribution in [1.29, 1.82) is 0 Å². The van der Waals surface area contributed by atoms with Crippen LogP contribution in [0.2, 0.25) is 0 Å². The van der Waals surface area contributed by atoms with Crippen molar-refractivity contribution in [2.45, 2.75) is 26.8 Å². The van der Waals surface area contributed by atoms with Gasteiger partial charge in [0.1, 0.15) is 11.3 Å². The minimum absolute atomic E-state index is 0.348. The second-order valence-electron chi connectivity index (χ2n) is 5.55. The number of nitrogens with one attached hydrogen (secondary N) is 1. The van der Waals surface area contributed by atoms with Gasteiger partial charge < -0.3 is 14.8 Å². The predicted molar refractivity (Wildman–Crippen MR) is 78.5 cm³/mol. The zero-order valence-corrected chi connectivity index (χ0v) is 11.9. The lowest BCUT2D eigenvalue weighted by Crippen LogP contribution is -2.29. The van der Waals surface area contributed by atoms with Gasteiger partial charge in [-0.15, -0.1) is 0 Å². The Labute approximate surface area is 118 Å². The molecule has 2 aromatic rings. The van der Waals surface area contributed by atoms with E-state index in [-0.39, 0.29) is 5.92 Å². The molecule has 0 saturated carbocycles. The predicted octanol–water partition coefficient (Wildman–Crippen LogP) is 3.27. The number of carbonyl (C=O) groups is 1. The van der Waals surface area contributed by atoms with Gasteiger partial charge in [-0.1, -0.05) is 32.0 Å². The SMILES string of the molecule is CC(C)CC(CNCc1cc2ccccc2o1)C(=O)O. The molecule has 108 valence electrons. The zero-order chi connectivity index (χ0) is 14.5. The van der Waals surface area contributed by atoms with Crippen molar-refractivity contribution in [3.63, 3.8) is 0 Å². The fourth-order valence-electron chi connectivity index (χ4n) is 2.33. The highest BCUT2D eigenvalue weighted by Crippen LogP contribution is 2.18. The van der Waals surface area contributed by atoms with Gasteiger partial charge in [-0.25, -0.2) is 0 Å². The van der Waals surface area contributed by atoms with Crippen LogP contribution in [0.25, 0.3) is 11.0 Å². The summed E-state index contributed by atoms with van der Waals surface area (Å²) < 4.78 is 5.68. The van der Waals surface area contributed by atoms with Crippen LogP contribution in [-0.4, -0.2) is 17.6 Å². The van der Waals surface area contributed by atoms with E-state index in [2.05, 4.69) is 5.32 Å². The minimum atomic E-state index is -0.740. The molecule has 0 fully saturated rings. The average Bonchev–Trinajstić information content (AvgIpc) is 2.79. The molecule has 1 aromatic carbocycles. The highest BCUT2D eigenvalue weighted by molar-refractivity contribution is 5.77. The lowest BCUT2D eigenvalue weighted by molar-refractivity contribution is -0.142. The second-order valence-corrected chi connectivity index (χ2v) is 5.55. The molecule has 1 unspecified atom stereocenters. The van der Waals surface area contributed by atoms with Crippen LogP contribution < -0.4 is 5.32 Å². The van der Waals surface area contributed by atoms with Crippen molar-refractivity contribution >= 4 is 16.9 Å². The van der Waals surface area contributed by atoms with Crippen molar-refractivity contribution in [2.75, 3.05) is 6.54 Å². The summed E-state index contributed by atoms with van der Waals surface area (Å²) in [7, 11) is 0. The topological polar surface area (TPSA) is 62.5 Å². The lowest BCUT2D eigenvalue weighted by atomic mass is 9.97. The molecule has 2 rings (SSSR count). The Morgan fingerprint density at radius 1 is 1.35 bits per heavy atom. The monoisotopic (exact) mass is 275 g/mol. The van der Waals surface area contributed by atoms with Crippen LogP contribution in [0.3, 0.4) is 0 Å². The molecular formula is C16H21NO3. The molecule has 4 nitrogen and oxygen atoms in total. The number of hydrogen-bond acceptors (Lipinski definition) is 3. The first kappa shape index (κ1) is 14.6. The maximum Gasteiger partial charge on any atom is 0.307 e. The Balaban J connectivity index is 1.89. The third-order valence-corrected chi connectivity index (χ3v) is 3.27. The molecule has 0 bridgehead atoms. The van der Waals surface area contributed by atoms with Gasteiger partial charge in [0.2, 0.25) is 0 Å². The van der Waals surface area contributed by atoms with Crippen LogP contribution in [0.1, 0.15) is 26.0 Å². The Hall–Kier alpha value is -1.81. The standard InChI is InChI=1S/C16H21NO3/c1-11(2)7-13(16(18)19)9-17-10-14-8-12-5-3-4-6-15(12)20-14/h3-6,8,11,13,17H,7,9-10H2,1-2H3,(H,18,19). The number of carboxylic acid groups (broad SMARTS) is 1. The molecule has 0 aliphatic heterocycles. The highest BCUT2D eigenvalue weighted by Gasteiger charge is 2.18. The number of furan rings is 1. The summed E-state index contributed by atoms with van der Waals surface area (Å²) in [6, 6.07) is 9.82. The van der Waals surface area contributed by atoms with E-state index in [9.17, 15) is 9.90 Å². The zero-order valence-electron chi connectivity index (χ0n) is 11.9. The van der Waals surface area contributed by atoms with E-state index in [1.807, 2.05) is 44.2 Å². The molecule has 0 aliphatic rings. The summed E-state index contributed by atoms with van der Waals surface area (Å²) in [6.45, 7) is 5.09. The summed E-state index contributed by atoms with van der Waals surface area (Å²) >= 11 is 0. The normalized spacial score (nSPS) is 12.9. The molecule has 0 aliphatic carbocycles. The fourth-order valence-corrected chi connectivity index (χ4v) is 2.33.